The highest BCUT2D eigenvalue weighted by Gasteiger charge is 2.10. The highest BCUT2D eigenvalue weighted by Crippen LogP contribution is 2.22. The molecule has 2 aromatic heterocycles. The van der Waals surface area contributed by atoms with E-state index >= 15 is 0 Å². The molecular formula is C8H7BrN2O2. The molecule has 2 aromatic rings. The zero-order valence-electron chi connectivity index (χ0n) is 7.17. The summed E-state index contributed by atoms with van der Waals surface area (Å²) in [6.07, 6.45) is 1.66. The lowest BCUT2D eigenvalue weighted by Crippen LogP contribution is -2.08. The summed E-state index contributed by atoms with van der Waals surface area (Å²) >= 11 is 3.32. The minimum absolute atomic E-state index is 0.385. The fourth-order valence-electron chi connectivity index (χ4n) is 1.15. The molecule has 0 radical (unpaired) electrons. The highest BCUT2D eigenvalue weighted by molar-refractivity contribution is 9.10. The van der Waals surface area contributed by atoms with Crippen LogP contribution in [0.4, 0.5) is 0 Å². The summed E-state index contributed by atoms with van der Waals surface area (Å²) in [6.45, 7) is 1.87. The van der Waals surface area contributed by atoms with Gasteiger partial charge in [0, 0.05) is 23.3 Å². The number of fused-ring (bicyclic) bond motifs is 1. The van der Waals surface area contributed by atoms with Crippen LogP contribution in [-0.4, -0.2) is 9.55 Å². The summed E-state index contributed by atoms with van der Waals surface area (Å²) in [5.41, 5.74) is 2.01. The second-order valence-corrected chi connectivity index (χ2v) is 3.67. The van der Waals surface area contributed by atoms with Crippen molar-refractivity contribution in [3.8, 4) is 0 Å². The first kappa shape index (κ1) is 8.50. The Morgan fingerprint density at radius 2 is 2.31 bits per heavy atom. The molecule has 0 aromatic carbocycles. The van der Waals surface area contributed by atoms with Crippen LogP contribution in [0.5, 0.6) is 0 Å². The Labute approximate surface area is 82.3 Å². The van der Waals surface area contributed by atoms with E-state index in [1.807, 2.05) is 6.92 Å². The Balaban J connectivity index is 3.03. The number of aromatic nitrogens is 2. The van der Waals surface area contributed by atoms with Crippen molar-refractivity contribution in [2.24, 2.45) is 7.05 Å². The normalized spacial score (nSPS) is 11.0. The van der Waals surface area contributed by atoms with Gasteiger partial charge in [0.25, 0.3) is 0 Å². The molecule has 2 heterocycles. The summed E-state index contributed by atoms with van der Waals surface area (Å²) in [7, 11) is 1.63. The van der Waals surface area contributed by atoms with Crippen molar-refractivity contribution in [2.45, 2.75) is 6.92 Å². The van der Waals surface area contributed by atoms with Crippen LogP contribution in [-0.2, 0) is 7.05 Å². The van der Waals surface area contributed by atoms with Crippen molar-refractivity contribution in [3.05, 3.63) is 26.8 Å². The van der Waals surface area contributed by atoms with Gasteiger partial charge in [-0.2, -0.15) is 0 Å². The Kier molecular flexibility index (Phi) is 1.76. The maximum Gasteiger partial charge on any atom is 0.420 e. The standard InChI is InChI=1S/C8H7BrN2O2/c1-4-5(9)3-10-7-6(4)13-8(12)11(7)2/h3H,1-2H3. The van der Waals surface area contributed by atoms with Crippen molar-refractivity contribution in [3.63, 3.8) is 0 Å². The van der Waals surface area contributed by atoms with E-state index in [-0.39, 0.29) is 5.76 Å². The van der Waals surface area contributed by atoms with Gasteiger partial charge in [-0.15, -0.1) is 0 Å². The lowest BCUT2D eigenvalue weighted by atomic mass is 10.3. The molecule has 0 amide bonds. The largest absolute Gasteiger partial charge is 0.420 e. The van der Waals surface area contributed by atoms with Gasteiger partial charge < -0.3 is 4.42 Å². The fourth-order valence-corrected chi connectivity index (χ4v) is 1.44. The maximum absolute atomic E-state index is 11.1. The van der Waals surface area contributed by atoms with Crippen LogP contribution in [0.2, 0.25) is 0 Å². The van der Waals surface area contributed by atoms with E-state index in [9.17, 15) is 4.79 Å². The Morgan fingerprint density at radius 3 is 3.00 bits per heavy atom. The lowest BCUT2D eigenvalue weighted by Gasteiger charge is -1.96. The number of halogens is 1. The highest BCUT2D eigenvalue weighted by atomic mass is 79.9. The number of rotatable bonds is 0. The minimum Gasteiger partial charge on any atom is -0.406 e. The number of oxazole rings is 1. The molecule has 0 N–H and O–H groups in total. The van der Waals surface area contributed by atoms with Crippen LogP contribution in [0.3, 0.4) is 0 Å². The number of pyridine rings is 1. The second kappa shape index (κ2) is 2.70. The van der Waals surface area contributed by atoms with E-state index in [1.165, 1.54) is 4.57 Å². The Morgan fingerprint density at radius 1 is 1.62 bits per heavy atom. The molecule has 13 heavy (non-hydrogen) atoms. The molecule has 0 saturated heterocycles. The number of aryl methyl sites for hydroxylation is 2. The van der Waals surface area contributed by atoms with Crippen molar-refractivity contribution >= 4 is 27.2 Å². The molecule has 0 saturated carbocycles. The molecule has 0 atom stereocenters. The third-order valence-electron chi connectivity index (χ3n) is 1.98. The quantitative estimate of drug-likeness (QED) is 0.706. The maximum atomic E-state index is 11.1. The van der Waals surface area contributed by atoms with Crippen LogP contribution < -0.4 is 5.76 Å². The number of nitrogens with zero attached hydrogens (tertiary/aromatic N) is 2. The van der Waals surface area contributed by atoms with Crippen LogP contribution in [0.25, 0.3) is 11.2 Å². The van der Waals surface area contributed by atoms with Gasteiger partial charge in [0.15, 0.2) is 11.2 Å². The molecule has 0 aliphatic heterocycles. The van der Waals surface area contributed by atoms with Crippen molar-refractivity contribution < 1.29 is 4.42 Å². The molecule has 4 nitrogen and oxygen atoms in total. The van der Waals surface area contributed by atoms with Crippen molar-refractivity contribution in [1.82, 2.24) is 9.55 Å². The first-order chi connectivity index (χ1) is 6.11. The van der Waals surface area contributed by atoms with E-state index in [0.29, 0.717) is 11.2 Å². The molecule has 0 unspecified atom stereocenters. The molecule has 0 aliphatic carbocycles. The third kappa shape index (κ3) is 1.11. The predicted octanol–water partition coefficient (Wildman–Crippen LogP) is 1.60. The smallest absolute Gasteiger partial charge is 0.406 e. The number of hydrogen-bond donors (Lipinski definition) is 0. The van der Waals surface area contributed by atoms with Crippen LogP contribution in [0.15, 0.2) is 19.9 Å². The average molecular weight is 243 g/mol. The second-order valence-electron chi connectivity index (χ2n) is 2.81. The SMILES string of the molecule is Cc1c(Br)cnc2c1oc(=O)n2C. The fraction of sp³-hybridized carbons (Fsp3) is 0.250. The van der Waals surface area contributed by atoms with E-state index in [2.05, 4.69) is 20.9 Å². The molecule has 0 fully saturated rings. The monoisotopic (exact) mass is 242 g/mol. The van der Waals surface area contributed by atoms with Gasteiger partial charge in [0.2, 0.25) is 0 Å². The molecule has 68 valence electrons. The predicted molar refractivity (Wildman–Crippen MR) is 51.7 cm³/mol. The van der Waals surface area contributed by atoms with Crippen molar-refractivity contribution in [1.29, 1.82) is 0 Å². The van der Waals surface area contributed by atoms with Gasteiger partial charge in [-0.3, -0.25) is 4.57 Å². The third-order valence-corrected chi connectivity index (χ3v) is 2.78. The molecular weight excluding hydrogens is 236 g/mol. The average Bonchev–Trinajstić information content (AvgIpc) is 2.38. The van der Waals surface area contributed by atoms with Gasteiger partial charge in [-0.1, -0.05) is 0 Å². The van der Waals surface area contributed by atoms with Crippen LogP contribution >= 0.6 is 15.9 Å². The van der Waals surface area contributed by atoms with Gasteiger partial charge in [-0.05, 0) is 22.9 Å². The van der Waals surface area contributed by atoms with Gasteiger partial charge in [0.05, 0.1) is 0 Å². The van der Waals surface area contributed by atoms with Gasteiger partial charge >= 0.3 is 5.76 Å². The van der Waals surface area contributed by atoms with Crippen LogP contribution in [0.1, 0.15) is 5.56 Å². The van der Waals surface area contributed by atoms with E-state index in [0.717, 1.165) is 10.0 Å². The zero-order chi connectivity index (χ0) is 9.59. The topological polar surface area (TPSA) is 48.0 Å². The summed E-state index contributed by atoms with van der Waals surface area (Å²) in [5, 5.41) is 0. The molecule has 5 heteroatoms. The molecule has 2 rings (SSSR count). The minimum atomic E-state index is -0.385. The van der Waals surface area contributed by atoms with E-state index in [4.69, 9.17) is 4.42 Å². The van der Waals surface area contributed by atoms with Gasteiger partial charge in [-0.25, -0.2) is 9.78 Å². The van der Waals surface area contributed by atoms with Gasteiger partial charge in [0.1, 0.15) is 0 Å². The molecule has 0 bridgehead atoms. The van der Waals surface area contributed by atoms with Crippen LogP contribution in [0, 0.1) is 6.92 Å². The summed E-state index contributed by atoms with van der Waals surface area (Å²) in [5.74, 6) is -0.385. The zero-order valence-corrected chi connectivity index (χ0v) is 8.75. The van der Waals surface area contributed by atoms with E-state index in [1.54, 1.807) is 13.2 Å². The van der Waals surface area contributed by atoms with Crippen molar-refractivity contribution in [2.75, 3.05) is 0 Å². The molecule has 0 aliphatic rings. The summed E-state index contributed by atoms with van der Waals surface area (Å²) < 4.78 is 7.25. The summed E-state index contributed by atoms with van der Waals surface area (Å²) in [6, 6.07) is 0. The van der Waals surface area contributed by atoms with E-state index < -0.39 is 0 Å². The Bertz CT molecular complexity index is 527. The number of hydrogen-bond acceptors (Lipinski definition) is 3. The summed E-state index contributed by atoms with van der Waals surface area (Å²) in [4.78, 5) is 15.2. The lowest BCUT2D eigenvalue weighted by molar-refractivity contribution is 0.526. The first-order valence-corrected chi connectivity index (χ1v) is 4.51. The molecule has 0 spiro atoms. The Hall–Kier alpha value is -1.10. The first-order valence-electron chi connectivity index (χ1n) is 3.72.